The zero-order valence-electron chi connectivity index (χ0n) is 23.7. The number of carbonyl (C=O) groups excluding carboxylic acids is 3. The van der Waals surface area contributed by atoms with Gasteiger partial charge in [-0.25, -0.2) is 4.39 Å². The van der Waals surface area contributed by atoms with Crippen LogP contribution in [-0.4, -0.2) is 34.6 Å². The summed E-state index contributed by atoms with van der Waals surface area (Å²) in [6.07, 6.45) is 0.718. The predicted octanol–water partition coefficient (Wildman–Crippen LogP) is 6.58. The van der Waals surface area contributed by atoms with Gasteiger partial charge in [-0.1, -0.05) is 34.5 Å². The van der Waals surface area contributed by atoms with E-state index in [4.69, 9.17) is 27.9 Å². The Balaban J connectivity index is 1.14. The zero-order chi connectivity index (χ0) is 31.9. The normalized spacial score (nSPS) is 27.4. The molecule has 46 heavy (non-hydrogen) atoms. The number of anilines is 2. The Morgan fingerprint density at radius 3 is 2.39 bits per heavy atom. The number of halogens is 3. The van der Waals surface area contributed by atoms with Crippen LogP contribution in [0.1, 0.15) is 22.8 Å². The van der Waals surface area contributed by atoms with Gasteiger partial charge in [0.15, 0.2) is 6.61 Å². The zero-order valence-corrected chi connectivity index (χ0v) is 26.9. The molecule has 3 fully saturated rings. The Kier molecular flexibility index (Phi) is 7.28. The van der Waals surface area contributed by atoms with E-state index in [9.17, 15) is 23.6 Å². The van der Waals surface area contributed by atoms with Gasteiger partial charge < -0.3 is 15.0 Å². The van der Waals surface area contributed by atoms with Gasteiger partial charge in [0, 0.05) is 37.3 Å². The van der Waals surface area contributed by atoms with Crippen LogP contribution in [0.25, 0.3) is 0 Å². The van der Waals surface area contributed by atoms with Gasteiger partial charge in [-0.05, 0) is 90.9 Å². The Labute approximate surface area is 280 Å². The highest BCUT2D eigenvalue weighted by Gasteiger charge is 2.69. The molecule has 8 rings (SSSR count). The average Bonchev–Trinajstić information content (AvgIpc) is 3.77. The molecule has 13 heteroatoms. The van der Waals surface area contributed by atoms with E-state index in [1.54, 1.807) is 54.2 Å². The van der Waals surface area contributed by atoms with Gasteiger partial charge >= 0.3 is 4.87 Å². The first-order chi connectivity index (χ1) is 22.2. The lowest BCUT2D eigenvalue weighted by atomic mass is 9.68. The molecule has 2 saturated carbocycles. The van der Waals surface area contributed by atoms with Crippen LogP contribution in [0.4, 0.5) is 15.8 Å². The molecule has 3 aromatic carbocycles. The van der Waals surface area contributed by atoms with Crippen molar-refractivity contribution in [2.45, 2.75) is 22.6 Å². The number of H-pyrrole nitrogens is 1. The lowest BCUT2D eigenvalue weighted by Gasteiger charge is -2.43. The molecule has 0 spiro atoms. The molecule has 2 aliphatic carbocycles. The van der Waals surface area contributed by atoms with Gasteiger partial charge in [0.1, 0.15) is 11.6 Å². The third-order valence-corrected chi connectivity index (χ3v) is 12.7. The Hall–Kier alpha value is -3.64. The van der Waals surface area contributed by atoms with Gasteiger partial charge in [0.2, 0.25) is 11.8 Å². The minimum atomic E-state index is -0.486. The molecule has 7 atom stereocenters. The summed E-state index contributed by atoms with van der Waals surface area (Å²) in [6.45, 7) is -0.322. The van der Waals surface area contributed by atoms with Crippen LogP contribution in [0.5, 0.6) is 5.75 Å². The molecule has 3 amide bonds. The molecular formula is C33H24Cl2FN3O5S2. The van der Waals surface area contributed by atoms with Crippen LogP contribution in [0, 0.1) is 35.4 Å². The lowest BCUT2D eigenvalue weighted by molar-refractivity contribution is -0.123. The molecule has 1 saturated heterocycles. The molecule has 3 heterocycles. The molecule has 234 valence electrons. The van der Waals surface area contributed by atoms with Gasteiger partial charge in [0.25, 0.3) is 5.91 Å². The first-order valence-electron chi connectivity index (χ1n) is 14.7. The number of amides is 3. The number of aromatic amines is 1. The number of hydrogen-bond acceptors (Lipinski definition) is 7. The first-order valence-corrected chi connectivity index (χ1v) is 17.1. The maximum absolute atomic E-state index is 14.0. The van der Waals surface area contributed by atoms with Crippen molar-refractivity contribution in [2.24, 2.45) is 29.6 Å². The summed E-state index contributed by atoms with van der Waals surface area (Å²) >= 11 is 15.3. The van der Waals surface area contributed by atoms with Crippen LogP contribution >= 0.6 is 46.3 Å². The molecule has 0 radical (unpaired) electrons. The minimum Gasteiger partial charge on any atom is -0.483 e. The number of nitrogens with zero attached hydrogens (tertiary/aromatic N) is 1. The number of fused-ring (bicyclic) bond motifs is 9. The van der Waals surface area contributed by atoms with E-state index in [0.29, 0.717) is 32.7 Å². The van der Waals surface area contributed by atoms with Gasteiger partial charge in [-0.15, -0.1) is 11.8 Å². The topological polar surface area (TPSA) is 109 Å². The largest absolute Gasteiger partial charge is 0.483 e. The SMILES string of the molecule is O=C(COc1ccc(Cl)cc1[C@@H]1c2sc(=O)[nH]c2S[C@@H]2[C@@H]3C[C@@H]([C@@H]4C(=O)N(c5ccc(Cl)cc5)C(=O)[C@@H]34)[C@H]12)Nc1ccc(F)cc1. The number of carbonyl (C=O) groups is 3. The number of imide groups is 1. The molecule has 0 unspecified atom stereocenters. The highest BCUT2D eigenvalue weighted by Crippen LogP contribution is 2.69. The van der Waals surface area contributed by atoms with E-state index in [1.165, 1.54) is 29.2 Å². The Morgan fingerprint density at radius 1 is 0.957 bits per heavy atom. The molecule has 2 bridgehead atoms. The van der Waals surface area contributed by atoms with Crippen molar-refractivity contribution in [3.63, 3.8) is 0 Å². The van der Waals surface area contributed by atoms with Crippen molar-refractivity contribution in [3.8, 4) is 5.75 Å². The van der Waals surface area contributed by atoms with Gasteiger partial charge in [-0.2, -0.15) is 0 Å². The predicted molar refractivity (Wildman–Crippen MR) is 174 cm³/mol. The van der Waals surface area contributed by atoms with Crippen LogP contribution < -0.4 is 19.8 Å². The summed E-state index contributed by atoms with van der Waals surface area (Å²) in [7, 11) is 0. The molecule has 4 aliphatic rings. The van der Waals surface area contributed by atoms with Crippen molar-refractivity contribution in [3.05, 3.63) is 103 Å². The van der Waals surface area contributed by atoms with E-state index < -0.39 is 23.6 Å². The summed E-state index contributed by atoms with van der Waals surface area (Å²) in [5.41, 5.74) is 1.65. The number of nitrogens with one attached hydrogen (secondary N) is 2. The van der Waals surface area contributed by atoms with Crippen molar-refractivity contribution >= 4 is 75.4 Å². The fraction of sp³-hybridized carbons (Fsp3) is 0.273. The number of thioether (sulfide) groups is 1. The number of rotatable bonds is 6. The van der Waals surface area contributed by atoms with Gasteiger partial charge in [-0.3, -0.25) is 24.1 Å². The second kappa shape index (κ2) is 11.3. The summed E-state index contributed by atoms with van der Waals surface area (Å²) in [6, 6.07) is 17.3. The minimum absolute atomic E-state index is 0.0375. The van der Waals surface area contributed by atoms with Crippen LogP contribution in [0.3, 0.4) is 0 Å². The van der Waals surface area contributed by atoms with Crippen LogP contribution in [0.15, 0.2) is 76.6 Å². The monoisotopic (exact) mass is 695 g/mol. The summed E-state index contributed by atoms with van der Waals surface area (Å²) < 4.78 is 19.4. The quantitative estimate of drug-likeness (QED) is 0.221. The summed E-state index contributed by atoms with van der Waals surface area (Å²) in [4.78, 5) is 58.3. The van der Waals surface area contributed by atoms with Crippen molar-refractivity contribution in [1.29, 1.82) is 0 Å². The van der Waals surface area contributed by atoms with Crippen LogP contribution in [0.2, 0.25) is 10.0 Å². The fourth-order valence-electron chi connectivity index (χ4n) is 7.98. The number of ether oxygens (including phenoxy) is 1. The second-order valence-corrected chi connectivity index (χ2v) is 15.1. The summed E-state index contributed by atoms with van der Waals surface area (Å²) in [5, 5.41) is 4.38. The molecule has 8 nitrogen and oxygen atoms in total. The maximum Gasteiger partial charge on any atom is 0.305 e. The number of hydrogen-bond donors (Lipinski definition) is 2. The fourth-order valence-corrected chi connectivity index (χ4v) is 11.2. The highest BCUT2D eigenvalue weighted by molar-refractivity contribution is 8.00. The molecule has 2 N–H and O–H groups in total. The lowest BCUT2D eigenvalue weighted by Crippen LogP contribution is -2.42. The molecule has 1 aromatic heterocycles. The number of thiazole rings is 1. The summed E-state index contributed by atoms with van der Waals surface area (Å²) in [5.74, 6) is -2.39. The second-order valence-electron chi connectivity index (χ2n) is 12.0. The molecule has 4 aromatic rings. The van der Waals surface area contributed by atoms with E-state index in [0.717, 1.165) is 27.7 Å². The van der Waals surface area contributed by atoms with Crippen LogP contribution in [-0.2, 0) is 14.4 Å². The maximum atomic E-state index is 14.0. The standard InChI is InChI=1S/C33H24Cl2FN3O5S2/c34-14-1-8-18(9-2-14)39-31(41)26-20-12-21(27(26)32(39)42)28-25(20)24(29-30(45-28)38-33(43)46-29)19-11-15(35)3-10-22(19)44-13-23(40)37-17-6-4-16(36)5-7-17/h1-11,20-21,24-28H,12-13H2,(H,37,40)(H,38,43)/t20-,21-,24+,25-,26+,27+,28-/m1/s1. The molecular weight excluding hydrogens is 672 g/mol. The average molecular weight is 697 g/mol. The van der Waals surface area contributed by atoms with Crippen molar-refractivity contribution < 1.29 is 23.5 Å². The number of benzene rings is 3. The van der Waals surface area contributed by atoms with Crippen molar-refractivity contribution in [2.75, 3.05) is 16.8 Å². The highest BCUT2D eigenvalue weighted by atomic mass is 35.5. The number of aromatic nitrogens is 1. The Bertz CT molecular complexity index is 1970. The third-order valence-electron chi connectivity index (χ3n) is 9.60. The van der Waals surface area contributed by atoms with Gasteiger partial charge in [0.05, 0.1) is 22.5 Å². The third kappa shape index (κ3) is 4.78. The smallest absolute Gasteiger partial charge is 0.305 e. The first kappa shape index (κ1) is 29.7. The van der Waals surface area contributed by atoms with Crippen molar-refractivity contribution in [1.82, 2.24) is 4.98 Å². The Morgan fingerprint density at radius 2 is 1.65 bits per heavy atom. The van der Waals surface area contributed by atoms with E-state index in [1.807, 2.05) is 0 Å². The van der Waals surface area contributed by atoms with E-state index >= 15 is 0 Å². The molecule has 2 aliphatic heterocycles. The van der Waals surface area contributed by atoms with E-state index in [2.05, 4.69) is 10.3 Å². The van der Waals surface area contributed by atoms with E-state index in [-0.39, 0.29) is 52.2 Å².